The fourth-order valence-electron chi connectivity index (χ4n) is 3.56. The van der Waals surface area contributed by atoms with Crippen LogP contribution in [0.15, 0.2) is 12.7 Å². The topological polar surface area (TPSA) is 58.4 Å². The Labute approximate surface area is 132 Å². The maximum Gasteiger partial charge on any atom is 0.311 e. The molecule has 0 aromatic carbocycles. The second kappa shape index (κ2) is 6.65. The minimum atomic E-state index is -0.699. The molecule has 1 aromatic rings. The van der Waals surface area contributed by atoms with E-state index in [9.17, 15) is 9.90 Å². The number of aromatic nitrogens is 2. The van der Waals surface area contributed by atoms with Gasteiger partial charge in [-0.1, -0.05) is 6.08 Å². The van der Waals surface area contributed by atoms with Crippen molar-refractivity contribution in [1.82, 2.24) is 14.7 Å². The van der Waals surface area contributed by atoms with E-state index in [4.69, 9.17) is 0 Å². The maximum atomic E-state index is 11.8. The lowest BCUT2D eigenvalue weighted by molar-refractivity contribution is -0.152. The highest BCUT2D eigenvalue weighted by atomic mass is 16.4. The monoisotopic (exact) mass is 305 g/mol. The Kier molecular flexibility index (Phi) is 5.06. The van der Waals surface area contributed by atoms with Gasteiger partial charge in [0.25, 0.3) is 0 Å². The summed E-state index contributed by atoms with van der Waals surface area (Å²) >= 11 is 0. The van der Waals surface area contributed by atoms with E-state index in [2.05, 4.69) is 30.4 Å². The predicted molar refractivity (Wildman–Crippen MR) is 86.8 cm³/mol. The largest absolute Gasteiger partial charge is 0.481 e. The lowest BCUT2D eigenvalue weighted by Gasteiger charge is -2.39. The van der Waals surface area contributed by atoms with Crippen LogP contribution in [0.5, 0.6) is 0 Å². The Morgan fingerprint density at radius 1 is 1.50 bits per heavy atom. The summed E-state index contributed by atoms with van der Waals surface area (Å²) in [6, 6.07) is 0. The minimum absolute atomic E-state index is 0.533. The van der Waals surface area contributed by atoms with Crippen molar-refractivity contribution in [2.24, 2.45) is 5.41 Å². The first kappa shape index (κ1) is 16.7. The zero-order valence-corrected chi connectivity index (χ0v) is 13.9. The third kappa shape index (κ3) is 3.09. The van der Waals surface area contributed by atoms with Gasteiger partial charge in [-0.25, -0.2) is 0 Å². The Bertz CT molecular complexity index is 564. The van der Waals surface area contributed by atoms with E-state index < -0.39 is 11.4 Å². The smallest absolute Gasteiger partial charge is 0.311 e. The van der Waals surface area contributed by atoms with E-state index in [1.807, 2.05) is 11.6 Å². The molecule has 5 heteroatoms. The molecule has 1 aliphatic heterocycles. The summed E-state index contributed by atoms with van der Waals surface area (Å²) in [5, 5.41) is 14.2. The van der Waals surface area contributed by atoms with Gasteiger partial charge in [0.2, 0.25) is 0 Å². The van der Waals surface area contributed by atoms with Gasteiger partial charge < -0.3 is 5.11 Å². The normalized spacial score (nSPS) is 22.7. The first-order valence-electron chi connectivity index (χ1n) is 8.03. The van der Waals surface area contributed by atoms with Gasteiger partial charge >= 0.3 is 5.97 Å². The van der Waals surface area contributed by atoms with Crippen LogP contribution in [0.4, 0.5) is 0 Å². The molecule has 0 spiro atoms. The fraction of sp³-hybridized carbons (Fsp3) is 0.647. The van der Waals surface area contributed by atoms with Crippen molar-refractivity contribution in [1.29, 1.82) is 0 Å². The Hall–Kier alpha value is -1.62. The first-order valence-corrected chi connectivity index (χ1v) is 8.03. The second-order valence-corrected chi connectivity index (χ2v) is 6.36. The molecule has 1 aromatic heterocycles. The molecule has 1 saturated heterocycles. The number of carboxylic acids is 1. The summed E-state index contributed by atoms with van der Waals surface area (Å²) in [6.45, 7) is 13.1. The van der Waals surface area contributed by atoms with Crippen molar-refractivity contribution in [2.45, 2.75) is 53.1 Å². The van der Waals surface area contributed by atoms with Gasteiger partial charge in [0.15, 0.2) is 0 Å². The zero-order chi connectivity index (χ0) is 16.3. The van der Waals surface area contributed by atoms with Crippen molar-refractivity contribution in [3.63, 3.8) is 0 Å². The molecule has 0 bridgehead atoms. The number of piperidine rings is 1. The third-order valence-corrected chi connectivity index (χ3v) is 4.86. The summed E-state index contributed by atoms with van der Waals surface area (Å²) in [4.78, 5) is 14.0. The van der Waals surface area contributed by atoms with Crippen molar-refractivity contribution in [3.8, 4) is 0 Å². The number of aryl methyl sites for hydroxylation is 2. The van der Waals surface area contributed by atoms with Gasteiger partial charge in [0, 0.05) is 30.9 Å². The summed E-state index contributed by atoms with van der Waals surface area (Å²) in [7, 11) is 0. The van der Waals surface area contributed by atoms with Crippen molar-refractivity contribution in [2.75, 3.05) is 13.1 Å². The van der Waals surface area contributed by atoms with Gasteiger partial charge in [-0.3, -0.25) is 14.4 Å². The van der Waals surface area contributed by atoms with Crippen LogP contribution in [-0.2, 0) is 17.9 Å². The molecule has 2 heterocycles. The van der Waals surface area contributed by atoms with Crippen LogP contribution in [0.1, 0.15) is 43.1 Å². The molecule has 5 nitrogen and oxygen atoms in total. The number of nitrogens with zero attached hydrogens (tertiary/aromatic N) is 3. The standard InChI is InChI=1S/C17H27N3O2/c1-5-8-17(16(21)22)9-7-10-19(12-17)11-15-13(3)18-20(6-2)14(15)4/h5H,1,6-12H2,2-4H3,(H,21,22). The number of aliphatic carboxylic acids is 1. The molecule has 0 saturated carbocycles. The van der Waals surface area contributed by atoms with E-state index in [-0.39, 0.29) is 0 Å². The summed E-state index contributed by atoms with van der Waals surface area (Å²) in [6.07, 6.45) is 3.92. The lowest BCUT2D eigenvalue weighted by atomic mass is 9.77. The van der Waals surface area contributed by atoms with Gasteiger partial charge in [0.05, 0.1) is 11.1 Å². The summed E-state index contributed by atoms with van der Waals surface area (Å²) < 4.78 is 2.02. The molecule has 0 amide bonds. The molecule has 1 N–H and O–H groups in total. The molecule has 2 rings (SSSR count). The van der Waals surface area contributed by atoms with Gasteiger partial charge in [-0.05, 0) is 46.6 Å². The Morgan fingerprint density at radius 3 is 2.77 bits per heavy atom. The Balaban J connectivity index is 2.18. The van der Waals surface area contributed by atoms with E-state index in [1.54, 1.807) is 6.08 Å². The van der Waals surface area contributed by atoms with Crippen LogP contribution in [0.3, 0.4) is 0 Å². The number of carboxylic acid groups (broad SMARTS) is 1. The molecular weight excluding hydrogens is 278 g/mol. The maximum absolute atomic E-state index is 11.8. The second-order valence-electron chi connectivity index (χ2n) is 6.36. The highest BCUT2D eigenvalue weighted by Gasteiger charge is 2.41. The zero-order valence-electron chi connectivity index (χ0n) is 13.9. The highest BCUT2D eigenvalue weighted by Crippen LogP contribution is 2.35. The predicted octanol–water partition coefficient (Wildman–Crippen LogP) is 2.76. The third-order valence-electron chi connectivity index (χ3n) is 4.86. The van der Waals surface area contributed by atoms with Crippen LogP contribution >= 0.6 is 0 Å². The van der Waals surface area contributed by atoms with Crippen LogP contribution in [0.25, 0.3) is 0 Å². The molecule has 122 valence electrons. The van der Waals surface area contributed by atoms with E-state index >= 15 is 0 Å². The quantitative estimate of drug-likeness (QED) is 0.821. The van der Waals surface area contributed by atoms with Crippen molar-refractivity contribution >= 4 is 5.97 Å². The Morgan fingerprint density at radius 2 is 2.23 bits per heavy atom. The molecule has 1 fully saturated rings. The van der Waals surface area contributed by atoms with Gasteiger partial charge in [-0.15, -0.1) is 6.58 Å². The van der Waals surface area contributed by atoms with Crippen LogP contribution in [-0.4, -0.2) is 38.8 Å². The number of likely N-dealkylation sites (tertiary alicyclic amines) is 1. The molecule has 0 aliphatic carbocycles. The fourth-order valence-corrected chi connectivity index (χ4v) is 3.56. The van der Waals surface area contributed by atoms with E-state index in [1.165, 1.54) is 11.3 Å². The number of allylic oxidation sites excluding steroid dienone is 1. The summed E-state index contributed by atoms with van der Waals surface area (Å²) in [5.41, 5.74) is 2.80. The van der Waals surface area contributed by atoms with E-state index in [0.29, 0.717) is 13.0 Å². The molecule has 1 atom stereocenters. The van der Waals surface area contributed by atoms with E-state index in [0.717, 1.165) is 38.2 Å². The van der Waals surface area contributed by atoms with Gasteiger partial charge in [-0.2, -0.15) is 5.10 Å². The first-order chi connectivity index (χ1) is 10.4. The highest BCUT2D eigenvalue weighted by molar-refractivity contribution is 5.75. The number of rotatable bonds is 6. The van der Waals surface area contributed by atoms with Crippen molar-refractivity contribution < 1.29 is 9.90 Å². The molecule has 0 radical (unpaired) electrons. The van der Waals surface area contributed by atoms with Crippen LogP contribution in [0, 0.1) is 19.3 Å². The minimum Gasteiger partial charge on any atom is -0.481 e. The van der Waals surface area contributed by atoms with Gasteiger partial charge in [0.1, 0.15) is 0 Å². The average molecular weight is 305 g/mol. The molecular formula is C17H27N3O2. The number of carbonyl (C=O) groups is 1. The molecule has 22 heavy (non-hydrogen) atoms. The SMILES string of the molecule is C=CCC1(C(=O)O)CCCN(Cc2c(C)nn(CC)c2C)C1. The number of hydrogen-bond donors (Lipinski definition) is 1. The molecule has 1 aliphatic rings. The summed E-state index contributed by atoms with van der Waals surface area (Å²) in [5.74, 6) is -0.699. The van der Waals surface area contributed by atoms with Crippen LogP contribution < -0.4 is 0 Å². The molecule has 1 unspecified atom stereocenters. The van der Waals surface area contributed by atoms with Crippen molar-refractivity contribution in [3.05, 3.63) is 29.6 Å². The van der Waals surface area contributed by atoms with Crippen LogP contribution in [0.2, 0.25) is 0 Å². The lowest BCUT2D eigenvalue weighted by Crippen LogP contribution is -2.47. The average Bonchev–Trinajstić information content (AvgIpc) is 2.75. The number of hydrogen-bond acceptors (Lipinski definition) is 3.